The second-order valence-electron chi connectivity index (χ2n) is 9.39. The predicted molar refractivity (Wildman–Crippen MR) is 147 cm³/mol. The highest BCUT2D eigenvalue weighted by Gasteiger charge is 2.26. The van der Waals surface area contributed by atoms with E-state index in [1.807, 2.05) is 18.2 Å². The third kappa shape index (κ3) is 5.84. The lowest BCUT2D eigenvalue weighted by atomic mass is 10.1. The summed E-state index contributed by atoms with van der Waals surface area (Å²) in [5, 5.41) is 0. The van der Waals surface area contributed by atoms with Gasteiger partial charge in [0.25, 0.3) is 0 Å². The van der Waals surface area contributed by atoms with Crippen molar-refractivity contribution in [2.24, 2.45) is 0 Å². The number of rotatable bonds is 7. The van der Waals surface area contributed by atoms with E-state index in [4.69, 9.17) is 14.5 Å². The second-order valence-corrected chi connectivity index (χ2v) is 11.7. The zero-order chi connectivity index (χ0) is 26.7. The molecule has 1 aromatic carbocycles. The van der Waals surface area contributed by atoms with E-state index >= 15 is 0 Å². The Kier molecular flexibility index (Phi) is 7.96. The van der Waals surface area contributed by atoms with Crippen LogP contribution in [0.5, 0.6) is 5.88 Å². The Labute approximate surface area is 223 Å². The Morgan fingerprint density at radius 2 is 1.84 bits per heavy atom. The number of ether oxygens (including phenoxy) is 2. The summed E-state index contributed by atoms with van der Waals surface area (Å²) in [7, 11) is -2.66. The molecule has 2 N–H and O–H groups in total. The SMILES string of the molecule is CCS(O)(O)N1CCN(c2ccc(-c3cc4nccnc4c(OC[C@@H]4CN(C(C)=O)CCO4)n3)cc2)CC1. The average Bonchev–Trinajstić information content (AvgIpc) is 2.96. The van der Waals surface area contributed by atoms with Crippen molar-refractivity contribution < 1.29 is 23.4 Å². The number of hydrogen-bond donors (Lipinski definition) is 2. The van der Waals surface area contributed by atoms with Crippen LogP contribution in [0.2, 0.25) is 0 Å². The van der Waals surface area contributed by atoms with Gasteiger partial charge in [-0.1, -0.05) is 12.1 Å². The highest BCUT2D eigenvalue weighted by atomic mass is 32.3. The van der Waals surface area contributed by atoms with Crippen LogP contribution in [0.15, 0.2) is 42.7 Å². The Hall–Kier alpha value is -3.03. The van der Waals surface area contributed by atoms with Crippen molar-refractivity contribution in [2.75, 3.05) is 63.1 Å². The summed E-state index contributed by atoms with van der Waals surface area (Å²) in [6, 6.07) is 10.0. The fraction of sp³-hybridized carbons (Fsp3) is 0.462. The molecule has 204 valence electrons. The number of piperazine rings is 1. The smallest absolute Gasteiger partial charge is 0.242 e. The first kappa shape index (κ1) is 26.6. The molecular weight excluding hydrogens is 508 g/mol. The molecule has 11 nitrogen and oxygen atoms in total. The number of nitrogens with zero attached hydrogens (tertiary/aromatic N) is 6. The van der Waals surface area contributed by atoms with Gasteiger partial charge in [-0.3, -0.25) is 18.9 Å². The van der Waals surface area contributed by atoms with Gasteiger partial charge in [0.2, 0.25) is 11.8 Å². The molecule has 0 unspecified atom stereocenters. The zero-order valence-corrected chi connectivity index (χ0v) is 22.5. The standard InChI is InChI=1S/C26H34N6O5S/c1-3-38(34,35)32-12-10-30(11-13-32)21-6-4-20(5-7-21)23-16-24-25(28-9-8-27-24)26(29-23)37-18-22-17-31(19(2)33)14-15-36-22/h4-9,16,22,34-35H,3,10-15,17-18H2,1-2H3/t22-/m0/s1. The molecule has 2 aliphatic rings. The summed E-state index contributed by atoms with van der Waals surface area (Å²) < 4.78 is 34.1. The fourth-order valence-electron chi connectivity index (χ4n) is 4.73. The summed E-state index contributed by atoms with van der Waals surface area (Å²) in [5.41, 5.74) is 3.96. The molecule has 5 rings (SSSR count). The molecule has 4 heterocycles. The first-order chi connectivity index (χ1) is 18.3. The summed E-state index contributed by atoms with van der Waals surface area (Å²) in [4.78, 5) is 29.4. The van der Waals surface area contributed by atoms with Crippen LogP contribution in [0.25, 0.3) is 22.3 Å². The Balaban J connectivity index is 1.31. The second kappa shape index (κ2) is 11.4. The van der Waals surface area contributed by atoms with Crippen LogP contribution in [-0.2, 0) is 9.53 Å². The topological polar surface area (TPSA) is 124 Å². The van der Waals surface area contributed by atoms with Crippen LogP contribution in [0, 0.1) is 0 Å². The molecule has 3 aromatic rings. The van der Waals surface area contributed by atoms with Crippen LogP contribution in [0.4, 0.5) is 5.69 Å². The average molecular weight is 543 g/mol. The molecule has 0 aliphatic carbocycles. The van der Waals surface area contributed by atoms with E-state index in [1.165, 1.54) is 0 Å². The van der Waals surface area contributed by atoms with Crippen molar-refractivity contribution in [2.45, 2.75) is 20.0 Å². The number of benzene rings is 1. The Morgan fingerprint density at radius 1 is 1.11 bits per heavy atom. The zero-order valence-electron chi connectivity index (χ0n) is 21.7. The number of morpholine rings is 1. The predicted octanol–water partition coefficient (Wildman–Crippen LogP) is 3.13. The van der Waals surface area contributed by atoms with Gasteiger partial charge in [0.1, 0.15) is 12.7 Å². The number of anilines is 1. The van der Waals surface area contributed by atoms with Gasteiger partial charge in [0, 0.05) is 63.3 Å². The van der Waals surface area contributed by atoms with Crippen LogP contribution in [0.3, 0.4) is 0 Å². The molecule has 1 amide bonds. The first-order valence-corrected chi connectivity index (χ1v) is 14.5. The lowest BCUT2D eigenvalue weighted by Crippen LogP contribution is -2.47. The third-order valence-corrected chi connectivity index (χ3v) is 8.95. The van der Waals surface area contributed by atoms with Gasteiger partial charge in [0.15, 0.2) is 5.52 Å². The molecule has 2 aliphatic heterocycles. The molecule has 0 spiro atoms. The minimum absolute atomic E-state index is 0.0250. The van der Waals surface area contributed by atoms with E-state index in [0.29, 0.717) is 55.5 Å². The van der Waals surface area contributed by atoms with Crippen molar-refractivity contribution in [1.82, 2.24) is 24.2 Å². The number of amides is 1. The quantitative estimate of drug-likeness (QED) is 0.460. The first-order valence-electron chi connectivity index (χ1n) is 12.8. The van der Waals surface area contributed by atoms with Gasteiger partial charge in [-0.05, 0) is 25.1 Å². The van der Waals surface area contributed by atoms with Crippen molar-refractivity contribution in [3.63, 3.8) is 0 Å². The molecule has 1 atom stereocenters. The molecule has 0 bridgehead atoms. The summed E-state index contributed by atoms with van der Waals surface area (Å²) in [6.45, 7) is 7.82. The number of pyridine rings is 1. The number of carbonyl (C=O) groups excluding carboxylic acids is 1. The van der Waals surface area contributed by atoms with Gasteiger partial charge in [-0.15, -0.1) is 10.8 Å². The number of aromatic nitrogens is 3. The minimum Gasteiger partial charge on any atom is -0.473 e. The molecule has 2 aromatic heterocycles. The highest BCUT2D eigenvalue weighted by Crippen LogP contribution is 2.43. The maximum absolute atomic E-state index is 11.8. The van der Waals surface area contributed by atoms with Crippen LogP contribution >= 0.6 is 10.8 Å². The van der Waals surface area contributed by atoms with Gasteiger partial charge >= 0.3 is 0 Å². The van der Waals surface area contributed by atoms with E-state index in [0.717, 1.165) is 30.0 Å². The molecule has 2 saturated heterocycles. The van der Waals surface area contributed by atoms with Crippen LogP contribution < -0.4 is 9.64 Å². The molecule has 0 radical (unpaired) electrons. The van der Waals surface area contributed by atoms with Gasteiger partial charge in [-0.25, -0.2) is 14.3 Å². The number of carbonyl (C=O) groups is 1. The minimum atomic E-state index is -2.66. The van der Waals surface area contributed by atoms with Crippen molar-refractivity contribution in [1.29, 1.82) is 0 Å². The highest BCUT2D eigenvalue weighted by molar-refractivity contribution is 8.22. The molecule has 0 saturated carbocycles. The lowest BCUT2D eigenvalue weighted by molar-refractivity contribution is -0.137. The van der Waals surface area contributed by atoms with E-state index in [9.17, 15) is 13.9 Å². The summed E-state index contributed by atoms with van der Waals surface area (Å²) >= 11 is 0. The van der Waals surface area contributed by atoms with E-state index in [1.54, 1.807) is 35.4 Å². The number of hydrogen-bond acceptors (Lipinski definition) is 10. The normalized spacial score (nSPS) is 19.5. The van der Waals surface area contributed by atoms with Crippen molar-refractivity contribution >= 4 is 33.4 Å². The lowest BCUT2D eigenvalue weighted by Gasteiger charge is -2.46. The van der Waals surface area contributed by atoms with Crippen molar-refractivity contribution in [3.8, 4) is 17.1 Å². The Morgan fingerprint density at radius 3 is 2.55 bits per heavy atom. The fourth-order valence-corrected chi connectivity index (χ4v) is 5.85. The largest absolute Gasteiger partial charge is 0.473 e. The molecule has 12 heteroatoms. The van der Waals surface area contributed by atoms with Crippen LogP contribution in [0.1, 0.15) is 13.8 Å². The molecular formula is C26H34N6O5S. The number of fused-ring (bicyclic) bond motifs is 1. The van der Waals surface area contributed by atoms with Gasteiger partial charge < -0.3 is 19.3 Å². The van der Waals surface area contributed by atoms with Gasteiger partial charge in [0.05, 0.1) is 30.1 Å². The van der Waals surface area contributed by atoms with E-state index in [-0.39, 0.29) is 18.6 Å². The summed E-state index contributed by atoms with van der Waals surface area (Å²) in [6.07, 6.45) is 3.01. The van der Waals surface area contributed by atoms with Crippen LogP contribution in [-0.4, -0.2) is 104 Å². The van der Waals surface area contributed by atoms with E-state index in [2.05, 4.69) is 27.0 Å². The Bertz CT molecular complexity index is 1270. The maximum atomic E-state index is 11.8. The maximum Gasteiger partial charge on any atom is 0.242 e. The van der Waals surface area contributed by atoms with Crippen molar-refractivity contribution in [3.05, 3.63) is 42.7 Å². The monoisotopic (exact) mass is 542 g/mol. The molecule has 2 fully saturated rings. The van der Waals surface area contributed by atoms with Gasteiger partial charge in [-0.2, -0.15) is 0 Å². The molecule has 38 heavy (non-hydrogen) atoms. The van der Waals surface area contributed by atoms with E-state index < -0.39 is 10.8 Å². The summed E-state index contributed by atoms with van der Waals surface area (Å²) in [5.74, 6) is 0.752. The third-order valence-electron chi connectivity index (χ3n) is 6.98.